The van der Waals surface area contributed by atoms with E-state index >= 15 is 0 Å². The summed E-state index contributed by atoms with van der Waals surface area (Å²) in [7, 11) is 0. The number of carbonyl (C=O) groups excluding carboxylic acids is 2. The van der Waals surface area contributed by atoms with E-state index in [0.717, 1.165) is 17.2 Å². The van der Waals surface area contributed by atoms with Crippen molar-refractivity contribution >= 4 is 17.5 Å². The molecule has 0 aliphatic rings. The van der Waals surface area contributed by atoms with Crippen molar-refractivity contribution in [1.29, 1.82) is 0 Å². The molecule has 0 aliphatic heterocycles. The van der Waals surface area contributed by atoms with Crippen LogP contribution in [0.15, 0.2) is 83.6 Å². The van der Waals surface area contributed by atoms with Crippen molar-refractivity contribution < 1.29 is 18.5 Å². The number of carbonyl (C=O) groups is 2. The Hall–Kier alpha value is -4.33. The van der Waals surface area contributed by atoms with E-state index in [1.54, 1.807) is 48.8 Å². The van der Waals surface area contributed by atoms with Crippen molar-refractivity contribution in [2.45, 2.75) is 6.54 Å². The molecule has 0 radical (unpaired) electrons. The first kappa shape index (κ1) is 20.0. The van der Waals surface area contributed by atoms with E-state index in [9.17, 15) is 14.0 Å². The molecule has 0 bridgehead atoms. The van der Waals surface area contributed by atoms with Crippen molar-refractivity contribution in [2.24, 2.45) is 0 Å². The fraction of sp³-hybridized carbons (Fsp3) is 0.0435. The van der Waals surface area contributed by atoms with Crippen LogP contribution in [0.25, 0.3) is 11.3 Å². The molecule has 4 aromatic rings. The van der Waals surface area contributed by atoms with Gasteiger partial charge < -0.3 is 15.2 Å². The topological polar surface area (TPSA) is 97.1 Å². The predicted octanol–water partition coefficient (Wildman–Crippen LogP) is 4.06. The normalized spacial score (nSPS) is 10.5. The number of nitrogens with zero attached hydrogens (tertiary/aromatic N) is 2. The molecular weight excluding hydrogens is 399 g/mol. The Balaban J connectivity index is 1.37. The van der Waals surface area contributed by atoms with Crippen molar-refractivity contribution in [3.63, 3.8) is 0 Å². The molecule has 4 rings (SSSR count). The van der Waals surface area contributed by atoms with E-state index in [4.69, 9.17) is 4.52 Å². The minimum absolute atomic E-state index is 0.148. The van der Waals surface area contributed by atoms with Gasteiger partial charge in [0, 0.05) is 41.8 Å². The van der Waals surface area contributed by atoms with Crippen LogP contribution < -0.4 is 10.6 Å². The van der Waals surface area contributed by atoms with Gasteiger partial charge in [0.15, 0.2) is 11.5 Å². The lowest BCUT2D eigenvalue weighted by Gasteiger charge is -2.08. The van der Waals surface area contributed by atoms with E-state index in [-0.39, 0.29) is 17.8 Å². The lowest BCUT2D eigenvalue weighted by molar-refractivity contribution is 0.0941. The molecule has 2 aromatic heterocycles. The third-order valence-corrected chi connectivity index (χ3v) is 4.41. The summed E-state index contributed by atoms with van der Waals surface area (Å²) in [5, 5.41) is 9.28. The molecule has 0 unspecified atom stereocenters. The fourth-order valence-corrected chi connectivity index (χ4v) is 2.89. The van der Waals surface area contributed by atoms with Crippen LogP contribution in [0, 0.1) is 5.82 Å². The number of benzene rings is 2. The summed E-state index contributed by atoms with van der Waals surface area (Å²) in [6.45, 7) is 0.220. The van der Waals surface area contributed by atoms with E-state index in [2.05, 4.69) is 20.8 Å². The van der Waals surface area contributed by atoms with Crippen LogP contribution in [-0.2, 0) is 6.54 Å². The van der Waals surface area contributed by atoms with Crippen LogP contribution in [0.3, 0.4) is 0 Å². The highest BCUT2D eigenvalue weighted by molar-refractivity contribution is 6.04. The Bertz CT molecular complexity index is 1220. The average Bonchev–Trinajstić information content (AvgIpc) is 3.29. The van der Waals surface area contributed by atoms with Crippen molar-refractivity contribution in [2.75, 3.05) is 5.32 Å². The number of anilines is 1. The van der Waals surface area contributed by atoms with Gasteiger partial charge in [0.05, 0.1) is 0 Å². The second-order valence-electron chi connectivity index (χ2n) is 6.67. The molecule has 7 nitrogen and oxygen atoms in total. The molecule has 2 amide bonds. The number of aromatic nitrogens is 2. The third kappa shape index (κ3) is 4.99. The van der Waals surface area contributed by atoms with Crippen LogP contribution in [0.5, 0.6) is 0 Å². The largest absolute Gasteiger partial charge is 0.355 e. The molecule has 154 valence electrons. The maximum atomic E-state index is 13.3. The summed E-state index contributed by atoms with van der Waals surface area (Å²) in [5.74, 6) is -0.858. The Labute approximate surface area is 176 Å². The predicted molar refractivity (Wildman–Crippen MR) is 112 cm³/mol. The van der Waals surface area contributed by atoms with Gasteiger partial charge in [0.25, 0.3) is 11.8 Å². The highest BCUT2D eigenvalue weighted by Gasteiger charge is 2.14. The average molecular weight is 416 g/mol. The second kappa shape index (κ2) is 9.00. The smallest absolute Gasteiger partial charge is 0.273 e. The van der Waals surface area contributed by atoms with E-state index in [1.165, 1.54) is 18.2 Å². The number of hydrogen-bond donors (Lipinski definition) is 2. The first-order chi connectivity index (χ1) is 15.1. The first-order valence-corrected chi connectivity index (χ1v) is 9.40. The summed E-state index contributed by atoms with van der Waals surface area (Å²) in [6, 6.07) is 17.5. The number of nitrogens with one attached hydrogen (secondary N) is 2. The lowest BCUT2D eigenvalue weighted by atomic mass is 10.1. The van der Waals surface area contributed by atoms with Gasteiger partial charge in [-0.2, -0.15) is 0 Å². The summed E-state index contributed by atoms with van der Waals surface area (Å²) < 4.78 is 18.5. The van der Waals surface area contributed by atoms with Gasteiger partial charge in [-0.05, 0) is 48.0 Å². The fourth-order valence-electron chi connectivity index (χ4n) is 2.89. The maximum absolute atomic E-state index is 13.3. The van der Waals surface area contributed by atoms with Gasteiger partial charge in [-0.1, -0.05) is 23.4 Å². The quantitative estimate of drug-likeness (QED) is 0.494. The number of hydrogen-bond acceptors (Lipinski definition) is 5. The number of amides is 2. The zero-order valence-electron chi connectivity index (χ0n) is 16.2. The van der Waals surface area contributed by atoms with Crippen LogP contribution in [0.1, 0.15) is 26.4 Å². The van der Waals surface area contributed by atoms with Gasteiger partial charge in [-0.25, -0.2) is 4.39 Å². The SMILES string of the molecule is O=C(Nc1cccc(CNC(=O)c2cc(-c3cccnc3)on2)c1)c1cccc(F)c1. The van der Waals surface area contributed by atoms with E-state index < -0.39 is 17.6 Å². The van der Waals surface area contributed by atoms with E-state index in [0.29, 0.717) is 11.4 Å². The van der Waals surface area contributed by atoms with Gasteiger partial charge in [-0.3, -0.25) is 14.6 Å². The van der Waals surface area contributed by atoms with Gasteiger partial charge >= 0.3 is 0 Å². The van der Waals surface area contributed by atoms with Crippen molar-refractivity contribution in [3.8, 4) is 11.3 Å². The molecule has 2 aromatic carbocycles. The molecule has 0 aliphatic carbocycles. The van der Waals surface area contributed by atoms with Gasteiger partial charge in [-0.15, -0.1) is 0 Å². The standard InChI is InChI=1S/C23H17FN4O3/c24-18-7-2-5-16(11-18)22(29)27-19-8-1-4-15(10-19)13-26-23(30)20-12-21(31-28-20)17-6-3-9-25-14-17/h1-12,14H,13H2,(H,26,30)(H,27,29). The maximum Gasteiger partial charge on any atom is 0.273 e. The van der Waals surface area contributed by atoms with Crippen LogP contribution in [-0.4, -0.2) is 22.0 Å². The highest BCUT2D eigenvalue weighted by atomic mass is 19.1. The number of pyridine rings is 1. The molecule has 2 heterocycles. The molecule has 0 fully saturated rings. The number of rotatable bonds is 6. The number of halogens is 1. The third-order valence-electron chi connectivity index (χ3n) is 4.41. The lowest BCUT2D eigenvalue weighted by Crippen LogP contribution is -2.23. The molecule has 31 heavy (non-hydrogen) atoms. The minimum atomic E-state index is -0.483. The van der Waals surface area contributed by atoms with Crippen LogP contribution in [0.2, 0.25) is 0 Å². The Morgan fingerprint density at radius 3 is 2.65 bits per heavy atom. The monoisotopic (exact) mass is 416 g/mol. The molecule has 0 saturated carbocycles. The molecule has 8 heteroatoms. The Kier molecular flexibility index (Phi) is 5.79. The van der Waals surface area contributed by atoms with Crippen molar-refractivity contribution in [1.82, 2.24) is 15.5 Å². The summed E-state index contributed by atoms with van der Waals surface area (Å²) in [4.78, 5) is 28.7. The first-order valence-electron chi connectivity index (χ1n) is 9.40. The molecule has 2 N–H and O–H groups in total. The van der Waals surface area contributed by atoms with Crippen molar-refractivity contribution in [3.05, 3.63) is 102 Å². The minimum Gasteiger partial charge on any atom is -0.355 e. The highest BCUT2D eigenvalue weighted by Crippen LogP contribution is 2.19. The summed E-state index contributed by atoms with van der Waals surface area (Å²) in [5.41, 5.74) is 2.38. The molecular formula is C23H17FN4O3. The zero-order chi connectivity index (χ0) is 21.6. The molecule has 0 spiro atoms. The second-order valence-corrected chi connectivity index (χ2v) is 6.67. The van der Waals surface area contributed by atoms with Gasteiger partial charge in [0.2, 0.25) is 0 Å². The Morgan fingerprint density at radius 2 is 1.84 bits per heavy atom. The summed E-state index contributed by atoms with van der Waals surface area (Å²) >= 11 is 0. The van der Waals surface area contributed by atoms with Crippen LogP contribution in [0.4, 0.5) is 10.1 Å². The Morgan fingerprint density at radius 1 is 0.968 bits per heavy atom. The van der Waals surface area contributed by atoms with Crippen LogP contribution >= 0.6 is 0 Å². The van der Waals surface area contributed by atoms with E-state index in [1.807, 2.05) is 6.07 Å². The van der Waals surface area contributed by atoms with Gasteiger partial charge in [0.1, 0.15) is 5.82 Å². The zero-order valence-corrected chi connectivity index (χ0v) is 16.2. The molecule has 0 saturated heterocycles. The summed E-state index contributed by atoms with van der Waals surface area (Å²) in [6.07, 6.45) is 3.26. The molecule has 0 atom stereocenters.